The fourth-order valence-corrected chi connectivity index (χ4v) is 6.59. The van der Waals surface area contributed by atoms with E-state index in [2.05, 4.69) is 23.7 Å². The van der Waals surface area contributed by atoms with Crippen LogP contribution in [0, 0.1) is 5.82 Å². The van der Waals surface area contributed by atoms with Gasteiger partial charge in [-0.2, -0.15) is 0 Å². The van der Waals surface area contributed by atoms with Crippen LogP contribution in [0.4, 0.5) is 10.1 Å². The van der Waals surface area contributed by atoms with Crippen LogP contribution >= 0.6 is 0 Å². The Morgan fingerprint density at radius 2 is 1.53 bits per heavy atom. The van der Waals surface area contributed by atoms with Crippen LogP contribution in [0.15, 0.2) is 78.9 Å². The molecule has 1 aromatic heterocycles. The third-order valence-corrected chi connectivity index (χ3v) is 8.42. The lowest BCUT2D eigenvalue weighted by molar-refractivity contribution is -0.300. The Morgan fingerprint density at radius 1 is 0.894 bits per heavy atom. The van der Waals surface area contributed by atoms with Crippen molar-refractivity contribution in [1.82, 2.24) is 4.57 Å². The Morgan fingerprint density at radius 3 is 2.13 bits per heavy atom. The van der Waals surface area contributed by atoms with E-state index in [1.54, 1.807) is 43.3 Å². The first kappa shape index (κ1) is 33.9. The van der Waals surface area contributed by atoms with Crippen LogP contribution < -0.4 is 5.32 Å². The lowest BCUT2D eigenvalue weighted by Gasteiger charge is -2.41. The third kappa shape index (κ3) is 7.95. The van der Waals surface area contributed by atoms with Crippen molar-refractivity contribution in [3.8, 4) is 22.4 Å². The number of Topliss-reactive ketones (excluding diaryl/α,β-unsaturated/α-hetero) is 2. The van der Waals surface area contributed by atoms with E-state index in [0.29, 0.717) is 42.6 Å². The zero-order chi connectivity index (χ0) is 33.9. The molecule has 47 heavy (non-hydrogen) atoms. The van der Waals surface area contributed by atoms with Gasteiger partial charge in [0.05, 0.1) is 23.5 Å². The molecule has 0 aliphatic carbocycles. The number of rotatable bonds is 11. The van der Waals surface area contributed by atoms with Gasteiger partial charge in [0.2, 0.25) is 0 Å². The average molecular weight is 639 g/mol. The van der Waals surface area contributed by atoms with E-state index in [9.17, 15) is 18.8 Å². The van der Waals surface area contributed by atoms with Gasteiger partial charge in [-0.3, -0.25) is 14.4 Å². The number of nitrogens with one attached hydrogen (secondary N) is 1. The summed E-state index contributed by atoms with van der Waals surface area (Å²) in [5.41, 5.74) is 5.69. The minimum absolute atomic E-state index is 0.0538. The van der Waals surface area contributed by atoms with Crippen molar-refractivity contribution in [2.24, 2.45) is 0 Å². The van der Waals surface area contributed by atoms with E-state index in [1.165, 1.54) is 19.1 Å². The van der Waals surface area contributed by atoms with Gasteiger partial charge in [0.25, 0.3) is 5.91 Å². The highest BCUT2D eigenvalue weighted by Gasteiger charge is 2.37. The summed E-state index contributed by atoms with van der Waals surface area (Å²) in [5.74, 6) is -1.53. The van der Waals surface area contributed by atoms with Gasteiger partial charge in [-0.05, 0) is 99.7 Å². The fraction of sp³-hybridized carbons (Fsp3) is 0.359. The molecule has 1 aliphatic rings. The molecule has 7 nitrogen and oxygen atoms in total. The van der Waals surface area contributed by atoms with Crippen LogP contribution in [-0.2, 0) is 20.8 Å². The van der Waals surface area contributed by atoms with E-state index in [1.807, 2.05) is 44.2 Å². The Balaban J connectivity index is 1.65. The predicted octanol–water partition coefficient (Wildman–Crippen LogP) is 8.82. The van der Waals surface area contributed by atoms with Gasteiger partial charge in [-0.1, -0.05) is 44.2 Å². The Hall–Kier alpha value is -4.40. The van der Waals surface area contributed by atoms with Gasteiger partial charge in [0.1, 0.15) is 11.6 Å². The van der Waals surface area contributed by atoms with Crippen molar-refractivity contribution in [1.29, 1.82) is 0 Å². The highest BCUT2D eigenvalue weighted by molar-refractivity contribution is 6.12. The Bertz CT molecular complexity index is 1740. The maximum absolute atomic E-state index is 14.4. The second kappa shape index (κ2) is 14.2. The molecule has 1 saturated heterocycles. The summed E-state index contributed by atoms with van der Waals surface area (Å²) in [6, 6.07) is 23.0. The number of anilines is 1. The SMILES string of the molecule is CC(=O)C[C@H]1C[C@@H](CCn2c(-c3ccc(F)cc3)c(-c3ccccc3)c(C(=O)Nc3ccc(C(C)=O)cc3)c2C(C)C)OC(C)(C)O1. The quantitative estimate of drug-likeness (QED) is 0.166. The van der Waals surface area contributed by atoms with Crippen molar-refractivity contribution in [2.45, 2.75) is 91.3 Å². The first-order chi connectivity index (χ1) is 22.3. The van der Waals surface area contributed by atoms with E-state index in [-0.39, 0.29) is 41.4 Å². The summed E-state index contributed by atoms with van der Waals surface area (Å²) >= 11 is 0. The first-order valence-corrected chi connectivity index (χ1v) is 16.2. The second-order valence-electron chi connectivity index (χ2n) is 13.1. The van der Waals surface area contributed by atoms with E-state index in [4.69, 9.17) is 9.47 Å². The van der Waals surface area contributed by atoms with Crippen LogP contribution in [0.25, 0.3) is 22.4 Å². The predicted molar refractivity (Wildman–Crippen MR) is 182 cm³/mol. The molecule has 246 valence electrons. The molecule has 1 N–H and O–H groups in total. The van der Waals surface area contributed by atoms with Crippen molar-refractivity contribution in [2.75, 3.05) is 5.32 Å². The lowest BCUT2D eigenvalue weighted by atomic mass is 9.94. The number of halogens is 1. The molecule has 5 rings (SSSR count). The number of carbonyl (C=O) groups is 3. The molecule has 0 radical (unpaired) electrons. The van der Waals surface area contributed by atoms with Gasteiger partial charge < -0.3 is 19.4 Å². The molecular formula is C39H43FN2O5. The number of hydrogen-bond acceptors (Lipinski definition) is 5. The number of hydrogen-bond donors (Lipinski definition) is 1. The zero-order valence-electron chi connectivity index (χ0n) is 27.9. The molecule has 0 spiro atoms. The molecule has 0 bridgehead atoms. The fourth-order valence-electron chi connectivity index (χ4n) is 6.59. The number of nitrogens with zero attached hydrogens (tertiary/aromatic N) is 1. The minimum Gasteiger partial charge on any atom is -0.347 e. The van der Waals surface area contributed by atoms with Crippen LogP contribution in [0.1, 0.15) is 93.1 Å². The second-order valence-corrected chi connectivity index (χ2v) is 13.1. The maximum atomic E-state index is 14.4. The van der Waals surface area contributed by atoms with Crippen LogP contribution in [0.5, 0.6) is 0 Å². The highest BCUT2D eigenvalue weighted by Crippen LogP contribution is 2.43. The highest BCUT2D eigenvalue weighted by atomic mass is 19.1. The van der Waals surface area contributed by atoms with E-state index < -0.39 is 5.79 Å². The third-order valence-electron chi connectivity index (χ3n) is 8.42. The molecule has 3 aromatic carbocycles. The van der Waals surface area contributed by atoms with Crippen LogP contribution in [0.3, 0.4) is 0 Å². The number of ketones is 2. The van der Waals surface area contributed by atoms with Gasteiger partial charge in [0, 0.05) is 41.9 Å². The normalized spacial score (nSPS) is 17.4. The molecule has 0 unspecified atom stereocenters. The average Bonchev–Trinajstić information content (AvgIpc) is 3.35. The molecule has 4 aromatic rings. The van der Waals surface area contributed by atoms with Crippen molar-refractivity contribution >= 4 is 23.2 Å². The molecule has 2 atom stereocenters. The molecule has 1 aliphatic heterocycles. The van der Waals surface area contributed by atoms with Crippen LogP contribution in [0.2, 0.25) is 0 Å². The number of carbonyl (C=O) groups excluding carboxylic acids is 3. The molecule has 1 fully saturated rings. The van der Waals surface area contributed by atoms with E-state index >= 15 is 0 Å². The van der Waals surface area contributed by atoms with E-state index in [0.717, 1.165) is 28.1 Å². The lowest BCUT2D eigenvalue weighted by Crippen LogP contribution is -2.45. The topological polar surface area (TPSA) is 86.6 Å². The standard InChI is InChI=1S/C39H43FN2O5/c1-24(2)36-35(38(45)41-31-18-14-27(15-19-31)26(4)44)34(28-10-8-7-9-11-28)37(29-12-16-30(40)17-13-29)42(36)21-20-32-23-33(22-25(3)43)47-39(5,6)46-32/h7-19,24,32-33H,20-23H2,1-6H3,(H,41,45)/t32-,33+/m1/s1. The monoisotopic (exact) mass is 638 g/mol. The summed E-state index contributed by atoms with van der Waals surface area (Å²) in [5, 5.41) is 3.07. The number of amides is 1. The smallest absolute Gasteiger partial charge is 0.258 e. The maximum Gasteiger partial charge on any atom is 0.258 e. The summed E-state index contributed by atoms with van der Waals surface area (Å²) < 4.78 is 28.8. The first-order valence-electron chi connectivity index (χ1n) is 16.2. The largest absolute Gasteiger partial charge is 0.347 e. The van der Waals surface area contributed by atoms with Crippen molar-refractivity contribution < 1.29 is 28.2 Å². The summed E-state index contributed by atoms with van der Waals surface area (Å²) in [6.45, 7) is 11.4. The van der Waals surface area contributed by atoms with Gasteiger partial charge in [-0.25, -0.2) is 4.39 Å². The summed E-state index contributed by atoms with van der Waals surface area (Å²) in [7, 11) is 0. The van der Waals surface area contributed by atoms with Gasteiger partial charge >= 0.3 is 0 Å². The molecule has 1 amide bonds. The molecule has 0 saturated carbocycles. The molecule has 2 heterocycles. The molecule has 8 heteroatoms. The Labute approximate surface area is 276 Å². The number of aromatic nitrogens is 1. The Kier molecular flexibility index (Phi) is 10.2. The van der Waals surface area contributed by atoms with Crippen molar-refractivity contribution in [3.63, 3.8) is 0 Å². The zero-order valence-corrected chi connectivity index (χ0v) is 27.9. The number of benzene rings is 3. The summed E-state index contributed by atoms with van der Waals surface area (Å²) in [6.07, 6.45) is 1.06. The van der Waals surface area contributed by atoms with Gasteiger partial charge in [-0.15, -0.1) is 0 Å². The van der Waals surface area contributed by atoms with Crippen LogP contribution in [-0.4, -0.2) is 40.0 Å². The summed E-state index contributed by atoms with van der Waals surface area (Å²) in [4.78, 5) is 38.2. The van der Waals surface area contributed by atoms with Gasteiger partial charge in [0.15, 0.2) is 11.6 Å². The molecular weight excluding hydrogens is 595 g/mol. The van der Waals surface area contributed by atoms with Crippen molar-refractivity contribution in [3.05, 3.63) is 102 Å². The number of ether oxygens (including phenoxy) is 2. The minimum atomic E-state index is -0.849.